The maximum atomic E-state index is 11.5. The van der Waals surface area contributed by atoms with Gasteiger partial charge in [-0.05, 0) is 24.3 Å². The second-order valence-corrected chi connectivity index (χ2v) is 4.19. The Morgan fingerprint density at radius 3 is 2.38 bits per heavy atom. The van der Waals surface area contributed by atoms with Crippen molar-refractivity contribution in [2.24, 2.45) is 11.5 Å². The van der Waals surface area contributed by atoms with Gasteiger partial charge in [0.05, 0.1) is 12.5 Å². The van der Waals surface area contributed by atoms with Crippen molar-refractivity contribution in [3.63, 3.8) is 0 Å². The minimum Gasteiger partial charge on any atom is -0.370 e. The third kappa shape index (κ3) is 4.00. The van der Waals surface area contributed by atoms with E-state index in [-0.39, 0.29) is 6.42 Å². The van der Waals surface area contributed by atoms with Crippen molar-refractivity contribution in [3.05, 3.63) is 28.7 Å². The Morgan fingerprint density at radius 1 is 1.31 bits per heavy atom. The van der Waals surface area contributed by atoms with Crippen LogP contribution in [0.5, 0.6) is 0 Å². The van der Waals surface area contributed by atoms with E-state index in [1.807, 2.05) is 0 Å². The number of carbonyl (C=O) groups excluding carboxylic acids is 2. The molecule has 2 amide bonds. The zero-order valence-electron chi connectivity index (χ0n) is 8.44. The number of halogens is 1. The molecule has 0 saturated carbocycles. The number of anilines is 1. The van der Waals surface area contributed by atoms with Gasteiger partial charge in [-0.3, -0.25) is 9.59 Å². The Balaban J connectivity index is 2.57. The molecule has 86 valence electrons. The van der Waals surface area contributed by atoms with Crippen LogP contribution in [0.2, 0.25) is 0 Å². The van der Waals surface area contributed by atoms with E-state index in [9.17, 15) is 9.59 Å². The van der Waals surface area contributed by atoms with Gasteiger partial charge in [0.2, 0.25) is 11.8 Å². The Hall–Kier alpha value is -1.40. The van der Waals surface area contributed by atoms with Crippen molar-refractivity contribution in [1.82, 2.24) is 0 Å². The highest BCUT2D eigenvalue weighted by molar-refractivity contribution is 9.10. The van der Waals surface area contributed by atoms with Gasteiger partial charge in [-0.2, -0.15) is 0 Å². The fourth-order valence-electron chi connectivity index (χ4n) is 1.08. The second-order valence-electron chi connectivity index (χ2n) is 3.27. The summed E-state index contributed by atoms with van der Waals surface area (Å²) in [6.45, 7) is 0. The highest BCUT2D eigenvalue weighted by Crippen LogP contribution is 2.14. The van der Waals surface area contributed by atoms with Crippen LogP contribution >= 0.6 is 15.9 Å². The van der Waals surface area contributed by atoms with Gasteiger partial charge in [0, 0.05) is 10.2 Å². The van der Waals surface area contributed by atoms with Gasteiger partial charge in [-0.25, -0.2) is 0 Å². The lowest BCUT2D eigenvalue weighted by Gasteiger charge is -2.10. The van der Waals surface area contributed by atoms with E-state index in [2.05, 4.69) is 21.2 Å². The first kappa shape index (κ1) is 12.7. The SMILES string of the molecule is NC(=O)CC(N)C(=O)Nc1ccc(Br)cc1. The minimum absolute atomic E-state index is 0.164. The molecule has 0 aliphatic carbocycles. The van der Waals surface area contributed by atoms with Crippen LogP contribution < -0.4 is 16.8 Å². The molecule has 1 unspecified atom stereocenters. The summed E-state index contributed by atoms with van der Waals surface area (Å²) in [4.78, 5) is 22.0. The number of hydrogen-bond acceptors (Lipinski definition) is 3. The number of benzene rings is 1. The molecule has 0 aliphatic rings. The van der Waals surface area contributed by atoms with Crippen LogP contribution in [-0.2, 0) is 9.59 Å². The Bertz CT molecular complexity index is 392. The number of hydrogen-bond donors (Lipinski definition) is 3. The van der Waals surface area contributed by atoms with E-state index >= 15 is 0 Å². The van der Waals surface area contributed by atoms with Crippen molar-refractivity contribution in [3.8, 4) is 0 Å². The lowest BCUT2D eigenvalue weighted by atomic mass is 10.2. The average Bonchev–Trinajstić information content (AvgIpc) is 2.20. The Kier molecular flexibility index (Phi) is 4.45. The predicted octanol–water partition coefficient (Wildman–Crippen LogP) is 0.590. The maximum absolute atomic E-state index is 11.5. The molecular formula is C10H12BrN3O2. The van der Waals surface area contributed by atoms with Crippen molar-refractivity contribution in [2.45, 2.75) is 12.5 Å². The van der Waals surface area contributed by atoms with Gasteiger partial charge in [0.15, 0.2) is 0 Å². The monoisotopic (exact) mass is 285 g/mol. The van der Waals surface area contributed by atoms with E-state index < -0.39 is 17.9 Å². The average molecular weight is 286 g/mol. The van der Waals surface area contributed by atoms with Gasteiger partial charge >= 0.3 is 0 Å². The van der Waals surface area contributed by atoms with Gasteiger partial charge < -0.3 is 16.8 Å². The summed E-state index contributed by atoms with van der Waals surface area (Å²) < 4.78 is 0.909. The molecule has 0 saturated heterocycles. The molecule has 1 atom stereocenters. The molecule has 0 spiro atoms. The number of nitrogens with one attached hydrogen (secondary N) is 1. The highest BCUT2D eigenvalue weighted by atomic mass is 79.9. The van der Waals surface area contributed by atoms with Crippen LogP contribution in [0.4, 0.5) is 5.69 Å². The zero-order valence-corrected chi connectivity index (χ0v) is 10.0. The largest absolute Gasteiger partial charge is 0.370 e. The third-order valence-corrected chi connectivity index (χ3v) is 2.40. The molecule has 6 heteroatoms. The smallest absolute Gasteiger partial charge is 0.241 e. The summed E-state index contributed by atoms with van der Waals surface area (Å²) in [5.74, 6) is -1.03. The van der Waals surface area contributed by atoms with E-state index in [0.717, 1.165) is 4.47 Å². The molecule has 0 radical (unpaired) electrons. The summed E-state index contributed by atoms with van der Waals surface area (Å²) >= 11 is 3.27. The molecule has 1 aromatic rings. The Morgan fingerprint density at radius 2 is 1.88 bits per heavy atom. The van der Waals surface area contributed by atoms with Crippen molar-refractivity contribution in [1.29, 1.82) is 0 Å². The predicted molar refractivity (Wildman–Crippen MR) is 64.6 cm³/mol. The fourth-order valence-corrected chi connectivity index (χ4v) is 1.34. The molecule has 0 aliphatic heterocycles. The van der Waals surface area contributed by atoms with Crippen LogP contribution in [0.15, 0.2) is 28.7 Å². The molecule has 0 aromatic heterocycles. The lowest BCUT2D eigenvalue weighted by Crippen LogP contribution is -2.38. The molecule has 1 rings (SSSR count). The quantitative estimate of drug-likeness (QED) is 0.755. The standard InChI is InChI=1S/C10H12BrN3O2/c11-6-1-3-7(4-2-6)14-10(16)8(12)5-9(13)15/h1-4,8H,5,12H2,(H2,13,15)(H,14,16). The van der Waals surface area contributed by atoms with E-state index in [1.165, 1.54) is 0 Å². The minimum atomic E-state index is -0.916. The van der Waals surface area contributed by atoms with Crippen molar-refractivity contribution in [2.75, 3.05) is 5.32 Å². The molecule has 0 bridgehead atoms. The second kappa shape index (κ2) is 5.62. The molecule has 5 N–H and O–H groups in total. The number of nitrogens with two attached hydrogens (primary N) is 2. The van der Waals surface area contributed by atoms with Crippen LogP contribution in [0.25, 0.3) is 0 Å². The molecule has 5 nitrogen and oxygen atoms in total. The van der Waals surface area contributed by atoms with Crippen molar-refractivity contribution < 1.29 is 9.59 Å². The topological polar surface area (TPSA) is 98.2 Å². The van der Waals surface area contributed by atoms with Crippen LogP contribution in [0.1, 0.15) is 6.42 Å². The first-order valence-electron chi connectivity index (χ1n) is 4.59. The first-order valence-corrected chi connectivity index (χ1v) is 5.38. The van der Waals surface area contributed by atoms with Gasteiger partial charge in [-0.15, -0.1) is 0 Å². The maximum Gasteiger partial charge on any atom is 0.241 e. The molecule has 1 aromatic carbocycles. The molecule has 0 fully saturated rings. The molecule has 16 heavy (non-hydrogen) atoms. The summed E-state index contributed by atoms with van der Waals surface area (Å²) in [7, 11) is 0. The van der Waals surface area contributed by atoms with Gasteiger partial charge in [0.1, 0.15) is 0 Å². The zero-order chi connectivity index (χ0) is 12.1. The first-order chi connectivity index (χ1) is 7.49. The van der Waals surface area contributed by atoms with Crippen LogP contribution in [0, 0.1) is 0 Å². The Labute approximate surface area is 101 Å². The lowest BCUT2D eigenvalue weighted by molar-refractivity contribution is -0.123. The molecular weight excluding hydrogens is 274 g/mol. The summed E-state index contributed by atoms with van der Waals surface area (Å²) in [6, 6.07) is 6.10. The summed E-state index contributed by atoms with van der Waals surface area (Å²) in [5.41, 5.74) is 11.0. The summed E-state index contributed by atoms with van der Waals surface area (Å²) in [6.07, 6.45) is -0.164. The normalized spacial score (nSPS) is 11.9. The van der Waals surface area contributed by atoms with Gasteiger partial charge in [0.25, 0.3) is 0 Å². The number of rotatable bonds is 4. The van der Waals surface area contributed by atoms with Gasteiger partial charge in [-0.1, -0.05) is 15.9 Å². The fraction of sp³-hybridized carbons (Fsp3) is 0.200. The van der Waals surface area contributed by atoms with Crippen molar-refractivity contribution >= 4 is 33.4 Å². The third-order valence-electron chi connectivity index (χ3n) is 1.87. The molecule has 0 heterocycles. The highest BCUT2D eigenvalue weighted by Gasteiger charge is 2.15. The summed E-state index contributed by atoms with van der Waals surface area (Å²) in [5, 5.41) is 2.58. The van der Waals surface area contributed by atoms with E-state index in [0.29, 0.717) is 5.69 Å². The van der Waals surface area contributed by atoms with E-state index in [1.54, 1.807) is 24.3 Å². The van der Waals surface area contributed by atoms with E-state index in [4.69, 9.17) is 11.5 Å². The van der Waals surface area contributed by atoms with Crippen LogP contribution in [0.3, 0.4) is 0 Å². The van der Waals surface area contributed by atoms with Crippen LogP contribution in [-0.4, -0.2) is 17.9 Å². The number of amides is 2. The number of primary amides is 1. The number of carbonyl (C=O) groups is 2.